The topological polar surface area (TPSA) is 109 Å². The molecule has 8 heteroatoms. The van der Waals surface area contributed by atoms with Gasteiger partial charge in [-0.1, -0.05) is 0 Å². The standard InChI is InChI=1S/C12H12N2O5S/c15-11(13-8-3-4-20(17,18)6-8)7-1-2-9-10(5-7)19-12(16)14-9/h1-2,5,8H,3-4,6H2,(H,13,15)(H,14,16). The lowest BCUT2D eigenvalue weighted by molar-refractivity contribution is 0.0941. The predicted molar refractivity (Wildman–Crippen MR) is 71.4 cm³/mol. The van der Waals surface area contributed by atoms with Crippen molar-refractivity contribution in [2.24, 2.45) is 0 Å². The van der Waals surface area contributed by atoms with Crippen LogP contribution in [0.15, 0.2) is 27.4 Å². The third-order valence-electron chi connectivity index (χ3n) is 3.25. The maximum absolute atomic E-state index is 12.0. The number of hydrogen-bond acceptors (Lipinski definition) is 5. The van der Waals surface area contributed by atoms with Gasteiger partial charge in [0, 0.05) is 11.6 Å². The molecule has 0 spiro atoms. The fourth-order valence-electron chi connectivity index (χ4n) is 2.26. The van der Waals surface area contributed by atoms with Crippen molar-refractivity contribution in [3.63, 3.8) is 0 Å². The second-order valence-corrected chi connectivity index (χ2v) is 7.03. The SMILES string of the molecule is O=C(NC1CCS(=O)(=O)C1)c1ccc2[nH]c(=O)oc2c1. The van der Waals surface area contributed by atoms with E-state index in [-0.39, 0.29) is 23.5 Å². The molecule has 106 valence electrons. The number of aromatic nitrogens is 1. The number of nitrogens with one attached hydrogen (secondary N) is 2. The zero-order chi connectivity index (χ0) is 14.3. The minimum Gasteiger partial charge on any atom is -0.408 e. The molecule has 7 nitrogen and oxygen atoms in total. The molecule has 1 aliphatic heterocycles. The van der Waals surface area contributed by atoms with Crippen LogP contribution in [-0.4, -0.2) is 36.9 Å². The highest BCUT2D eigenvalue weighted by atomic mass is 32.2. The third-order valence-corrected chi connectivity index (χ3v) is 5.02. The number of amides is 1. The van der Waals surface area contributed by atoms with Gasteiger partial charge in [-0.3, -0.25) is 9.78 Å². The lowest BCUT2D eigenvalue weighted by Gasteiger charge is -2.10. The number of H-pyrrole nitrogens is 1. The first-order valence-corrected chi connectivity index (χ1v) is 7.89. The van der Waals surface area contributed by atoms with E-state index < -0.39 is 15.6 Å². The molecule has 1 unspecified atom stereocenters. The first kappa shape index (κ1) is 12.9. The van der Waals surface area contributed by atoms with E-state index in [1.807, 2.05) is 0 Å². The van der Waals surface area contributed by atoms with Crippen LogP contribution in [-0.2, 0) is 9.84 Å². The highest BCUT2D eigenvalue weighted by Gasteiger charge is 2.29. The van der Waals surface area contributed by atoms with Crippen molar-refractivity contribution in [2.45, 2.75) is 12.5 Å². The van der Waals surface area contributed by atoms with Gasteiger partial charge < -0.3 is 9.73 Å². The summed E-state index contributed by atoms with van der Waals surface area (Å²) < 4.78 is 27.5. The molecule has 1 fully saturated rings. The smallest absolute Gasteiger partial charge is 0.408 e. The summed E-state index contributed by atoms with van der Waals surface area (Å²) in [5.41, 5.74) is 1.13. The summed E-state index contributed by atoms with van der Waals surface area (Å²) in [5, 5.41) is 2.67. The molecule has 1 atom stereocenters. The van der Waals surface area contributed by atoms with Crippen molar-refractivity contribution < 1.29 is 17.6 Å². The molecular formula is C12H12N2O5S. The molecule has 20 heavy (non-hydrogen) atoms. The summed E-state index contributed by atoms with van der Waals surface area (Å²) in [4.78, 5) is 25.5. The maximum Gasteiger partial charge on any atom is 0.417 e. The molecule has 0 aliphatic carbocycles. The number of fused-ring (bicyclic) bond motifs is 1. The molecule has 1 amide bonds. The Kier molecular flexibility index (Phi) is 2.89. The molecule has 1 aromatic carbocycles. The Bertz CT molecular complexity index is 833. The second kappa shape index (κ2) is 4.48. The van der Waals surface area contributed by atoms with Crippen LogP contribution >= 0.6 is 0 Å². The fourth-order valence-corrected chi connectivity index (χ4v) is 3.94. The van der Waals surface area contributed by atoms with Gasteiger partial charge in [0.1, 0.15) is 0 Å². The Morgan fingerprint density at radius 1 is 1.40 bits per heavy atom. The van der Waals surface area contributed by atoms with Gasteiger partial charge in [0.25, 0.3) is 5.91 Å². The molecular weight excluding hydrogens is 284 g/mol. The first-order chi connectivity index (χ1) is 9.43. The van der Waals surface area contributed by atoms with E-state index >= 15 is 0 Å². The number of benzene rings is 1. The van der Waals surface area contributed by atoms with Crippen molar-refractivity contribution in [2.75, 3.05) is 11.5 Å². The Labute approximate surface area is 113 Å². The van der Waals surface area contributed by atoms with Crippen LogP contribution in [0.3, 0.4) is 0 Å². The lowest BCUT2D eigenvalue weighted by Crippen LogP contribution is -2.35. The third kappa shape index (κ3) is 2.46. The van der Waals surface area contributed by atoms with E-state index in [1.54, 1.807) is 12.1 Å². The quantitative estimate of drug-likeness (QED) is 0.813. The molecule has 1 aromatic heterocycles. The largest absolute Gasteiger partial charge is 0.417 e. The van der Waals surface area contributed by atoms with Gasteiger partial charge in [0.15, 0.2) is 15.4 Å². The number of sulfone groups is 1. The van der Waals surface area contributed by atoms with Crippen LogP contribution < -0.4 is 11.1 Å². The Hall–Kier alpha value is -2.09. The van der Waals surface area contributed by atoms with Crippen molar-refractivity contribution >= 4 is 26.8 Å². The second-order valence-electron chi connectivity index (χ2n) is 4.80. The number of hydrogen-bond donors (Lipinski definition) is 2. The van der Waals surface area contributed by atoms with Crippen LogP contribution in [0.2, 0.25) is 0 Å². The molecule has 2 aromatic rings. The average molecular weight is 296 g/mol. The molecule has 0 radical (unpaired) electrons. The van der Waals surface area contributed by atoms with Crippen molar-refractivity contribution in [1.29, 1.82) is 0 Å². The zero-order valence-electron chi connectivity index (χ0n) is 10.4. The van der Waals surface area contributed by atoms with Crippen LogP contribution in [0, 0.1) is 0 Å². The summed E-state index contributed by atoms with van der Waals surface area (Å²) in [6, 6.07) is 4.21. The van der Waals surface area contributed by atoms with E-state index in [0.29, 0.717) is 23.1 Å². The summed E-state index contributed by atoms with van der Waals surface area (Å²) in [6.07, 6.45) is 0.426. The molecule has 2 heterocycles. The monoisotopic (exact) mass is 296 g/mol. The lowest BCUT2D eigenvalue weighted by atomic mass is 10.1. The highest BCUT2D eigenvalue weighted by molar-refractivity contribution is 7.91. The van der Waals surface area contributed by atoms with Gasteiger partial charge in [0.05, 0.1) is 17.0 Å². The number of carbonyl (C=O) groups is 1. The van der Waals surface area contributed by atoms with Crippen molar-refractivity contribution in [3.05, 3.63) is 34.3 Å². The summed E-state index contributed by atoms with van der Waals surface area (Å²) >= 11 is 0. The van der Waals surface area contributed by atoms with E-state index in [1.165, 1.54) is 6.07 Å². The normalized spacial score (nSPS) is 21.1. The van der Waals surface area contributed by atoms with E-state index in [4.69, 9.17) is 4.42 Å². The van der Waals surface area contributed by atoms with Gasteiger partial charge in [0.2, 0.25) is 0 Å². The van der Waals surface area contributed by atoms with E-state index in [9.17, 15) is 18.0 Å². The van der Waals surface area contributed by atoms with Gasteiger partial charge in [-0.05, 0) is 24.6 Å². The molecule has 1 saturated heterocycles. The Morgan fingerprint density at radius 2 is 2.20 bits per heavy atom. The van der Waals surface area contributed by atoms with Gasteiger partial charge in [-0.15, -0.1) is 0 Å². The Balaban J connectivity index is 1.80. The minimum atomic E-state index is -3.03. The highest BCUT2D eigenvalue weighted by Crippen LogP contribution is 2.15. The maximum atomic E-state index is 12.0. The summed E-state index contributed by atoms with van der Waals surface area (Å²) in [7, 11) is -3.03. The Morgan fingerprint density at radius 3 is 2.90 bits per heavy atom. The predicted octanol–water partition coefficient (Wildman–Crippen LogP) is 0.0380. The number of oxazole rings is 1. The van der Waals surface area contributed by atoms with Crippen LogP contribution in [0.25, 0.3) is 11.1 Å². The van der Waals surface area contributed by atoms with Crippen LogP contribution in [0.1, 0.15) is 16.8 Å². The number of aromatic amines is 1. The van der Waals surface area contributed by atoms with Crippen LogP contribution in [0.4, 0.5) is 0 Å². The minimum absolute atomic E-state index is 0.0276. The summed E-state index contributed by atoms with van der Waals surface area (Å²) in [5.74, 6) is -0.888. The van der Waals surface area contributed by atoms with Gasteiger partial charge >= 0.3 is 5.76 Å². The molecule has 0 bridgehead atoms. The van der Waals surface area contributed by atoms with Crippen molar-refractivity contribution in [1.82, 2.24) is 10.3 Å². The average Bonchev–Trinajstić information content (AvgIpc) is 2.89. The molecule has 2 N–H and O–H groups in total. The fraction of sp³-hybridized carbons (Fsp3) is 0.333. The van der Waals surface area contributed by atoms with Crippen molar-refractivity contribution in [3.8, 4) is 0 Å². The van der Waals surface area contributed by atoms with Gasteiger partial charge in [-0.25, -0.2) is 13.2 Å². The van der Waals surface area contributed by atoms with E-state index in [0.717, 1.165) is 0 Å². The molecule has 1 aliphatic rings. The first-order valence-electron chi connectivity index (χ1n) is 6.07. The number of rotatable bonds is 2. The molecule has 0 saturated carbocycles. The summed E-state index contributed by atoms with van der Waals surface area (Å²) in [6.45, 7) is 0. The van der Waals surface area contributed by atoms with Crippen LogP contribution in [0.5, 0.6) is 0 Å². The number of carbonyl (C=O) groups excluding carboxylic acids is 1. The zero-order valence-corrected chi connectivity index (χ0v) is 11.2. The molecule has 3 rings (SSSR count). The van der Waals surface area contributed by atoms with Gasteiger partial charge in [-0.2, -0.15) is 0 Å². The van der Waals surface area contributed by atoms with E-state index in [2.05, 4.69) is 10.3 Å².